The molecule has 0 amide bonds. The highest BCUT2D eigenvalue weighted by molar-refractivity contribution is 9.10. The van der Waals surface area contributed by atoms with E-state index in [0.29, 0.717) is 5.56 Å². The Morgan fingerprint density at radius 3 is 2.89 bits per heavy atom. The molecule has 0 radical (unpaired) electrons. The Kier molecular flexibility index (Phi) is 3.66. The average molecular weight is 323 g/mol. The molecule has 7 heteroatoms. The number of aryl methyl sites for hydroxylation is 1. The van der Waals surface area contributed by atoms with Crippen molar-refractivity contribution in [2.24, 2.45) is 5.10 Å². The zero-order valence-electron chi connectivity index (χ0n) is 10.0. The van der Waals surface area contributed by atoms with E-state index in [2.05, 4.69) is 26.0 Å². The molecule has 2 aromatic rings. The van der Waals surface area contributed by atoms with E-state index in [9.17, 15) is 4.79 Å². The number of halogens is 1. The number of nitrogen functional groups attached to an aromatic ring is 1. The van der Waals surface area contributed by atoms with Crippen molar-refractivity contribution >= 4 is 34.1 Å². The summed E-state index contributed by atoms with van der Waals surface area (Å²) < 4.78 is 2.17. The molecule has 0 saturated carbocycles. The highest BCUT2D eigenvalue weighted by Crippen LogP contribution is 2.17. The van der Waals surface area contributed by atoms with Gasteiger partial charge in [-0.3, -0.25) is 0 Å². The van der Waals surface area contributed by atoms with Gasteiger partial charge < -0.3 is 10.8 Å². The summed E-state index contributed by atoms with van der Waals surface area (Å²) in [5, 5.41) is 13.1. The van der Waals surface area contributed by atoms with Gasteiger partial charge in [-0.15, -0.1) is 0 Å². The lowest BCUT2D eigenvalue weighted by Gasteiger charge is -2.01. The van der Waals surface area contributed by atoms with Crippen LogP contribution in [0.4, 0.5) is 5.95 Å². The van der Waals surface area contributed by atoms with Crippen LogP contribution < -0.4 is 5.73 Å². The van der Waals surface area contributed by atoms with E-state index in [1.54, 1.807) is 12.3 Å². The third kappa shape index (κ3) is 3.00. The first-order chi connectivity index (χ1) is 8.97. The summed E-state index contributed by atoms with van der Waals surface area (Å²) in [5.74, 6) is -0.709. The van der Waals surface area contributed by atoms with Crippen LogP contribution in [-0.4, -0.2) is 27.0 Å². The van der Waals surface area contributed by atoms with Gasteiger partial charge in [-0.1, -0.05) is 15.9 Å². The molecule has 0 saturated heterocycles. The monoisotopic (exact) mass is 322 g/mol. The van der Waals surface area contributed by atoms with Crippen molar-refractivity contribution in [3.05, 3.63) is 45.7 Å². The van der Waals surface area contributed by atoms with Crippen LogP contribution in [0.2, 0.25) is 0 Å². The van der Waals surface area contributed by atoms with Gasteiger partial charge in [-0.05, 0) is 25.1 Å². The van der Waals surface area contributed by atoms with Gasteiger partial charge in [0.25, 0.3) is 0 Å². The molecular weight excluding hydrogens is 312 g/mol. The number of carboxylic acids is 1. The molecule has 6 nitrogen and oxygen atoms in total. The smallest absolute Gasteiger partial charge is 0.335 e. The number of hydrogen-bond acceptors (Lipinski definition) is 4. The van der Waals surface area contributed by atoms with Crippen LogP contribution in [0.1, 0.15) is 21.6 Å². The van der Waals surface area contributed by atoms with E-state index >= 15 is 0 Å². The molecule has 0 atom stereocenters. The number of aromatic carboxylic acids is 1. The highest BCUT2D eigenvalue weighted by Gasteiger charge is 2.06. The number of imidazole rings is 1. The maximum atomic E-state index is 10.9. The molecule has 0 fully saturated rings. The number of nitrogens with zero attached hydrogens (tertiary/aromatic N) is 3. The molecule has 1 aromatic heterocycles. The number of carbonyl (C=O) groups is 1. The van der Waals surface area contributed by atoms with E-state index in [0.717, 1.165) is 10.2 Å². The van der Waals surface area contributed by atoms with Gasteiger partial charge in [-0.25, -0.2) is 14.5 Å². The molecule has 0 aliphatic carbocycles. The molecule has 19 heavy (non-hydrogen) atoms. The summed E-state index contributed by atoms with van der Waals surface area (Å²) in [5.41, 5.74) is 7.25. The maximum Gasteiger partial charge on any atom is 0.335 e. The van der Waals surface area contributed by atoms with Crippen molar-refractivity contribution in [3.8, 4) is 0 Å². The highest BCUT2D eigenvalue weighted by atomic mass is 79.9. The second kappa shape index (κ2) is 5.23. The van der Waals surface area contributed by atoms with Crippen LogP contribution in [0.25, 0.3) is 0 Å². The molecule has 1 heterocycles. The van der Waals surface area contributed by atoms with Crippen LogP contribution in [-0.2, 0) is 0 Å². The van der Waals surface area contributed by atoms with E-state index in [-0.39, 0.29) is 11.5 Å². The Hall–Kier alpha value is -2.15. The summed E-state index contributed by atoms with van der Waals surface area (Å²) in [6.45, 7) is 1.81. The first-order valence-corrected chi connectivity index (χ1v) is 6.15. The van der Waals surface area contributed by atoms with Gasteiger partial charge in [0.05, 0.1) is 23.7 Å². The molecule has 3 N–H and O–H groups in total. The number of rotatable bonds is 3. The van der Waals surface area contributed by atoms with E-state index in [4.69, 9.17) is 10.8 Å². The van der Waals surface area contributed by atoms with Crippen molar-refractivity contribution in [3.63, 3.8) is 0 Å². The molecular formula is C12H11BrN4O2. The first kappa shape index (κ1) is 13.3. The van der Waals surface area contributed by atoms with Gasteiger partial charge >= 0.3 is 5.97 Å². The molecule has 1 aromatic carbocycles. The van der Waals surface area contributed by atoms with Crippen LogP contribution in [0.3, 0.4) is 0 Å². The summed E-state index contributed by atoms with van der Waals surface area (Å²) in [7, 11) is 0. The predicted molar refractivity (Wildman–Crippen MR) is 75.5 cm³/mol. The zero-order valence-corrected chi connectivity index (χ0v) is 11.6. The minimum Gasteiger partial charge on any atom is -0.478 e. The lowest BCUT2D eigenvalue weighted by Crippen LogP contribution is -2.00. The van der Waals surface area contributed by atoms with Gasteiger partial charge in [0.2, 0.25) is 5.95 Å². The number of anilines is 1. The molecule has 0 aliphatic heterocycles. The maximum absolute atomic E-state index is 10.9. The summed E-state index contributed by atoms with van der Waals surface area (Å²) in [4.78, 5) is 14.9. The molecule has 2 rings (SSSR count). The van der Waals surface area contributed by atoms with Crippen molar-refractivity contribution < 1.29 is 9.90 Å². The second-order valence-electron chi connectivity index (χ2n) is 3.87. The number of hydrogen-bond donors (Lipinski definition) is 2. The minimum atomic E-state index is -0.986. The first-order valence-electron chi connectivity index (χ1n) is 5.36. The molecule has 0 spiro atoms. The number of benzene rings is 1. The van der Waals surface area contributed by atoms with Crippen molar-refractivity contribution in [1.82, 2.24) is 9.66 Å². The van der Waals surface area contributed by atoms with E-state index in [1.807, 2.05) is 6.92 Å². The van der Waals surface area contributed by atoms with Gasteiger partial charge in [-0.2, -0.15) is 5.10 Å². The molecule has 0 aliphatic rings. The summed E-state index contributed by atoms with van der Waals surface area (Å²) >= 11 is 3.34. The number of nitrogens with two attached hydrogens (primary N) is 1. The Bertz CT molecular complexity index is 664. The van der Waals surface area contributed by atoms with Crippen LogP contribution in [0, 0.1) is 6.92 Å². The standard InChI is InChI=1S/C12H11BrN4O2/c1-7-6-17(12(14)16-7)15-5-9-4-8(11(18)19)2-3-10(9)13/h2-6H,1H3,(H2,14,16)(H,18,19). The van der Waals surface area contributed by atoms with E-state index in [1.165, 1.54) is 23.0 Å². The zero-order chi connectivity index (χ0) is 14.0. The Morgan fingerprint density at radius 2 is 2.32 bits per heavy atom. The number of aromatic nitrogens is 2. The lowest BCUT2D eigenvalue weighted by molar-refractivity contribution is 0.0697. The summed E-state index contributed by atoms with van der Waals surface area (Å²) in [6.07, 6.45) is 3.20. The van der Waals surface area contributed by atoms with Crippen molar-refractivity contribution in [1.29, 1.82) is 0 Å². The Balaban J connectivity index is 2.35. The fraction of sp³-hybridized carbons (Fsp3) is 0.0833. The van der Waals surface area contributed by atoms with Gasteiger partial charge in [0, 0.05) is 10.0 Å². The minimum absolute atomic E-state index is 0.194. The SMILES string of the molecule is Cc1cn(N=Cc2cc(C(=O)O)ccc2Br)c(N)n1. The van der Waals surface area contributed by atoms with Gasteiger partial charge in [0.1, 0.15) is 0 Å². The largest absolute Gasteiger partial charge is 0.478 e. The molecule has 0 bridgehead atoms. The molecule has 0 unspecified atom stereocenters. The Morgan fingerprint density at radius 1 is 1.58 bits per heavy atom. The lowest BCUT2D eigenvalue weighted by atomic mass is 10.1. The topological polar surface area (TPSA) is 93.5 Å². The third-order valence-corrected chi connectivity index (χ3v) is 3.12. The normalized spacial score (nSPS) is 11.1. The van der Waals surface area contributed by atoms with E-state index < -0.39 is 5.97 Å². The quantitative estimate of drug-likeness (QED) is 0.846. The number of carboxylic acid groups (broad SMARTS) is 1. The van der Waals surface area contributed by atoms with Crippen LogP contribution >= 0.6 is 15.9 Å². The van der Waals surface area contributed by atoms with Crippen molar-refractivity contribution in [2.45, 2.75) is 6.92 Å². The average Bonchev–Trinajstić information content (AvgIpc) is 2.66. The van der Waals surface area contributed by atoms with Crippen LogP contribution in [0.15, 0.2) is 34.0 Å². The third-order valence-electron chi connectivity index (χ3n) is 2.40. The van der Waals surface area contributed by atoms with Crippen molar-refractivity contribution in [2.75, 3.05) is 5.73 Å². The van der Waals surface area contributed by atoms with Gasteiger partial charge in [0.15, 0.2) is 0 Å². The fourth-order valence-corrected chi connectivity index (χ4v) is 1.85. The predicted octanol–water partition coefficient (Wildman–Crippen LogP) is 2.12. The fourth-order valence-electron chi connectivity index (χ4n) is 1.50. The second-order valence-corrected chi connectivity index (χ2v) is 4.73. The summed E-state index contributed by atoms with van der Waals surface area (Å²) in [6, 6.07) is 4.70. The van der Waals surface area contributed by atoms with Crippen LogP contribution in [0.5, 0.6) is 0 Å². The molecule has 98 valence electrons. The Labute approximate surface area is 117 Å².